The van der Waals surface area contributed by atoms with Crippen LogP contribution in [0.3, 0.4) is 0 Å². The molecule has 0 saturated heterocycles. The lowest BCUT2D eigenvalue weighted by molar-refractivity contribution is 0.619. The van der Waals surface area contributed by atoms with E-state index in [0.29, 0.717) is 11.3 Å². The average Bonchev–Trinajstić information content (AvgIpc) is 2.22. The normalized spacial score (nSPS) is 10.2. The third kappa shape index (κ3) is 2.57. The van der Waals surface area contributed by atoms with E-state index in [9.17, 15) is 4.39 Å². The third-order valence-corrected chi connectivity index (χ3v) is 2.10. The predicted molar refractivity (Wildman–Crippen MR) is 63.1 cm³/mol. The first kappa shape index (κ1) is 11.1. The molecule has 2 aromatic rings. The number of nitrogens with one attached hydrogen (secondary N) is 1. The fourth-order valence-corrected chi connectivity index (χ4v) is 1.26. The van der Waals surface area contributed by atoms with Gasteiger partial charge in [-0.3, -0.25) is 0 Å². The van der Waals surface area contributed by atoms with Gasteiger partial charge in [0.25, 0.3) is 0 Å². The van der Waals surface area contributed by atoms with Crippen molar-refractivity contribution in [2.24, 2.45) is 0 Å². The summed E-state index contributed by atoms with van der Waals surface area (Å²) in [6.45, 7) is 1.68. The monoisotopic (exact) mass is 234 g/mol. The zero-order valence-electron chi connectivity index (χ0n) is 9.11. The SMILES string of the molecule is Cc1ccc(Nc2nc(N)nc(N)n2)cc1F. The molecule has 0 spiro atoms. The molecular weight excluding hydrogens is 223 g/mol. The smallest absolute Gasteiger partial charge is 0.233 e. The van der Waals surface area contributed by atoms with Crippen molar-refractivity contribution in [1.82, 2.24) is 15.0 Å². The Morgan fingerprint density at radius 1 is 1.12 bits per heavy atom. The molecule has 0 fully saturated rings. The van der Waals surface area contributed by atoms with Gasteiger partial charge in [0.2, 0.25) is 17.8 Å². The van der Waals surface area contributed by atoms with Crippen molar-refractivity contribution in [3.63, 3.8) is 0 Å². The van der Waals surface area contributed by atoms with E-state index in [0.717, 1.165) is 0 Å². The van der Waals surface area contributed by atoms with Gasteiger partial charge in [0.1, 0.15) is 5.82 Å². The second kappa shape index (κ2) is 4.20. The Hall–Kier alpha value is -2.44. The molecule has 5 N–H and O–H groups in total. The molecule has 2 rings (SSSR count). The summed E-state index contributed by atoms with van der Waals surface area (Å²) in [4.78, 5) is 11.3. The molecule has 17 heavy (non-hydrogen) atoms. The van der Waals surface area contributed by atoms with Crippen molar-refractivity contribution in [2.75, 3.05) is 16.8 Å². The number of hydrogen-bond acceptors (Lipinski definition) is 6. The van der Waals surface area contributed by atoms with Crippen molar-refractivity contribution in [2.45, 2.75) is 6.92 Å². The molecule has 0 aliphatic heterocycles. The van der Waals surface area contributed by atoms with Crippen molar-refractivity contribution >= 4 is 23.5 Å². The lowest BCUT2D eigenvalue weighted by Crippen LogP contribution is -2.06. The number of aromatic nitrogens is 3. The van der Waals surface area contributed by atoms with Crippen LogP contribution in [0, 0.1) is 12.7 Å². The second-order valence-electron chi connectivity index (χ2n) is 3.46. The summed E-state index contributed by atoms with van der Waals surface area (Å²) < 4.78 is 13.3. The standard InChI is InChI=1S/C10H11FN6/c1-5-2-3-6(4-7(5)11)14-10-16-8(12)15-9(13)17-10/h2-4H,1H3,(H5,12,13,14,15,16,17). The maximum Gasteiger partial charge on any atom is 0.233 e. The number of benzene rings is 1. The molecule has 1 aromatic heterocycles. The van der Waals surface area contributed by atoms with Gasteiger partial charge in [-0.25, -0.2) is 4.39 Å². The molecule has 6 nitrogen and oxygen atoms in total. The minimum Gasteiger partial charge on any atom is -0.368 e. The van der Waals surface area contributed by atoms with Gasteiger partial charge in [0.05, 0.1) is 0 Å². The zero-order chi connectivity index (χ0) is 12.4. The van der Waals surface area contributed by atoms with Crippen LogP contribution in [0.5, 0.6) is 0 Å². The second-order valence-corrected chi connectivity index (χ2v) is 3.46. The first-order valence-electron chi connectivity index (χ1n) is 4.85. The summed E-state index contributed by atoms with van der Waals surface area (Å²) >= 11 is 0. The summed E-state index contributed by atoms with van der Waals surface area (Å²) in [5.41, 5.74) is 11.9. The number of halogens is 1. The van der Waals surface area contributed by atoms with Gasteiger partial charge in [-0.15, -0.1) is 0 Å². The molecule has 0 aliphatic rings. The number of nitrogens with two attached hydrogens (primary N) is 2. The number of rotatable bonds is 2. The van der Waals surface area contributed by atoms with E-state index in [2.05, 4.69) is 20.3 Å². The lowest BCUT2D eigenvalue weighted by atomic mass is 10.2. The van der Waals surface area contributed by atoms with Gasteiger partial charge >= 0.3 is 0 Å². The van der Waals surface area contributed by atoms with Crippen LogP contribution in [0.1, 0.15) is 5.56 Å². The Morgan fingerprint density at radius 2 is 1.76 bits per heavy atom. The fraction of sp³-hybridized carbons (Fsp3) is 0.100. The molecule has 7 heteroatoms. The van der Waals surface area contributed by atoms with Crippen LogP contribution in [-0.4, -0.2) is 15.0 Å². The molecule has 88 valence electrons. The van der Waals surface area contributed by atoms with Crippen molar-refractivity contribution < 1.29 is 4.39 Å². The van der Waals surface area contributed by atoms with E-state index >= 15 is 0 Å². The highest BCUT2D eigenvalue weighted by molar-refractivity contribution is 5.55. The van der Waals surface area contributed by atoms with Crippen LogP contribution in [0.2, 0.25) is 0 Å². The average molecular weight is 234 g/mol. The first-order chi connectivity index (χ1) is 8.04. The number of anilines is 4. The van der Waals surface area contributed by atoms with Crippen LogP contribution in [0.25, 0.3) is 0 Å². The molecular formula is C10H11FN6. The maximum atomic E-state index is 13.3. The maximum absolute atomic E-state index is 13.3. The van der Waals surface area contributed by atoms with Gasteiger partial charge in [-0.05, 0) is 24.6 Å². The largest absolute Gasteiger partial charge is 0.368 e. The lowest BCUT2D eigenvalue weighted by Gasteiger charge is -2.06. The summed E-state index contributed by atoms with van der Waals surface area (Å²) in [6, 6.07) is 4.69. The Morgan fingerprint density at radius 3 is 2.35 bits per heavy atom. The molecule has 0 amide bonds. The summed E-state index contributed by atoms with van der Waals surface area (Å²) in [6.07, 6.45) is 0. The number of aryl methyl sites for hydroxylation is 1. The van der Waals surface area contributed by atoms with Gasteiger partial charge in [0.15, 0.2) is 0 Å². The van der Waals surface area contributed by atoms with Crippen LogP contribution in [0.4, 0.5) is 27.9 Å². The quantitative estimate of drug-likeness (QED) is 0.722. The minimum absolute atomic E-state index is 0.00702. The highest BCUT2D eigenvalue weighted by atomic mass is 19.1. The van der Waals surface area contributed by atoms with Gasteiger partial charge in [-0.1, -0.05) is 6.07 Å². The number of nitrogens with zero attached hydrogens (tertiary/aromatic N) is 3. The molecule has 0 bridgehead atoms. The number of nitrogen functional groups attached to an aromatic ring is 2. The van der Waals surface area contributed by atoms with Crippen molar-refractivity contribution in [3.05, 3.63) is 29.6 Å². The summed E-state index contributed by atoms with van der Waals surface area (Å²) in [5, 5.41) is 2.79. The third-order valence-electron chi connectivity index (χ3n) is 2.10. The van der Waals surface area contributed by atoms with Gasteiger partial charge in [0, 0.05) is 5.69 Å². The van der Waals surface area contributed by atoms with E-state index in [1.54, 1.807) is 19.1 Å². The van der Waals surface area contributed by atoms with Gasteiger partial charge < -0.3 is 16.8 Å². The van der Waals surface area contributed by atoms with Crippen LogP contribution >= 0.6 is 0 Å². The first-order valence-corrected chi connectivity index (χ1v) is 4.85. The molecule has 0 saturated carbocycles. The Labute approximate surface area is 96.9 Å². The zero-order valence-corrected chi connectivity index (χ0v) is 9.11. The van der Waals surface area contributed by atoms with E-state index in [-0.39, 0.29) is 23.7 Å². The number of hydrogen-bond donors (Lipinski definition) is 3. The van der Waals surface area contributed by atoms with Crippen LogP contribution < -0.4 is 16.8 Å². The molecule has 0 aliphatic carbocycles. The summed E-state index contributed by atoms with van der Waals surface area (Å²) in [7, 11) is 0. The Balaban J connectivity index is 2.28. The topological polar surface area (TPSA) is 103 Å². The van der Waals surface area contributed by atoms with E-state index < -0.39 is 0 Å². The fourth-order valence-electron chi connectivity index (χ4n) is 1.26. The molecule has 0 radical (unpaired) electrons. The van der Waals surface area contributed by atoms with E-state index in [1.807, 2.05) is 0 Å². The molecule has 0 atom stereocenters. The molecule has 1 heterocycles. The van der Waals surface area contributed by atoms with E-state index in [4.69, 9.17) is 11.5 Å². The Bertz CT molecular complexity index is 536. The molecule has 1 aromatic carbocycles. The predicted octanol–water partition coefficient (Wildman–Crippen LogP) is 1.23. The van der Waals surface area contributed by atoms with E-state index in [1.165, 1.54) is 6.07 Å². The highest BCUT2D eigenvalue weighted by Crippen LogP contribution is 2.17. The molecule has 0 unspecified atom stereocenters. The van der Waals surface area contributed by atoms with Crippen LogP contribution in [-0.2, 0) is 0 Å². The van der Waals surface area contributed by atoms with Crippen molar-refractivity contribution in [3.8, 4) is 0 Å². The van der Waals surface area contributed by atoms with Crippen molar-refractivity contribution in [1.29, 1.82) is 0 Å². The van der Waals surface area contributed by atoms with Crippen LogP contribution in [0.15, 0.2) is 18.2 Å². The summed E-state index contributed by atoms with van der Waals surface area (Å²) in [5.74, 6) is -0.122. The van der Waals surface area contributed by atoms with Gasteiger partial charge in [-0.2, -0.15) is 15.0 Å². The minimum atomic E-state index is -0.315. The Kier molecular flexibility index (Phi) is 2.73. The highest BCUT2D eigenvalue weighted by Gasteiger charge is 2.04.